The maximum absolute atomic E-state index is 12.4. The van der Waals surface area contributed by atoms with Crippen molar-refractivity contribution in [2.45, 2.75) is 20.0 Å². The summed E-state index contributed by atoms with van der Waals surface area (Å²) in [4.78, 5) is 14.3. The molecule has 0 radical (unpaired) electrons. The highest BCUT2D eigenvalue weighted by Gasteiger charge is 2.20. The molecule has 3 heteroatoms. The average molecular weight is 240 g/mol. The zero-order chi connectivity index (χ0) is 12.5. The lowest BCUT2D eigenvalue weighted by Crippen LogP contribution is -2.37. The van der Waals surface area contributed by atoms with E-state index in [-0.39, 0.29) is 5.91 Å². The summed E-state index contributed by atoms with van der Waals surface area (Å²) in [7, 11) is 0. The Hall–Kier alpha value is -2.03. The first-order valence-electron chi connectivity index (χ1n) is 6.24. The van der Waals surface area contributed by atoms with Crippen LogP contribution in [0.25, 0.3) is 0 Å². The van der Waals surface area contributed by atoms with Crippen LogP contribution in [0.5, 0.6) is 0 Å². The van der Waals surface area contributed by atoms with Gasteiger partial charge in [-0.3, -0.25) is 4.79 Å². The zero-order valence-corrected chi connectivity index (χ0v) is 10.5. The second kappa shape index (κ2) is 4.33. The molecular formula is C15H16N2O. The molecule has 1 amide bonds. The first-order valence-corrected chi connectivity index (χ1v) is 6.24. The normalized spacial score (nSPS) is 14.4. The van der Waals surface area contributed by atoms with Crippen LogP contribution in [-0.2, 0) is 13.1 Å². The highest BCUT2D eigenvalue weighted by molar-refractivity contribution is 5.94. The van der Waals surface area contributed by atoms with Crippen LogP contribution < -0.4 is 0 Å². The van der Waals surface area contributed by atoms with Gasteiger partial charge in [-0.05, 0) is 31.2 Å². The largest absolute Gasteiger partial charge is 0.348 e. The molecule has 0 saturated heterocycles. The molecule has 2 aromatic rings. The molecule has 0 saturated carbocycles. The molecule has 0 atom stereocenters. The van der Waals surface area contributed by atoms with Crippen LogP contribution >= 0.6 is 0 Å². The summed E-state index contributed by atoms with van der Waals surface area (Å²) in [5.41, 5.74) is 3.17. The van der Waals surface area contributed by atoms with Crippen molar-refractivity contribution in [3.05, 3.63) is 59.4 Å². The van der Waals surface area contributed by atoms with Gasteiger partial charge in [-0.15, -0.1) is 0 Å². The molecule has 0 bridgehead atoms. The second-order valence-electron chi connectivity index (χ2n) is 4.79. The van der Waals surface area contributed by atoms with Gasteiger partial charge in [-0.25, -0.2) is 0 Å². The van der Waals surface area contributed by atoms with Gasteiger partial charge in [0.25, 0.3) is 5.91 Å². The summed E-state index contributed by atoms with van der Waals surface area (Å²) >= 11 is 0. The van der Waals surface area contributed by atoms with Crippen molar-refractivity contribution in [3.8, 4) is 0 Å². The SMILES string of the molecule is Cc1ccc(C(=O)N2CCn3cccc3C2)cc1. The summed E-state index contributed by atoms with van der Waals surface area (Å²) in [5.74, 6) is 0.127. The third kappa shape index (κ3) is 1.92. The highest BCUT2D eigenvalue weighted by Crippen LogP contribution is 2.16. The summed E-state index contributed by atoms with van der Waals surface area (Å²) in [6.07, 6.45) is 2.07. The van der Waals surface area contributed by atoms with E-state index in [1.165, 1.54) is 11.3 Å². The molecule has 18 heavy (non-hydrogen) atoms. The minimum Gasteiger partial charge on any atom is -0.348 e. The molecule has 0 spiro atoms. The predicted molar refractivity (Wildman–Crippen MR) is 70.4 cm³/mol. The number of nitrogens with zero attached hydrogens (tertiary/aromatic N) is 2. The van der Waals surface area contributed by atoms with Gasteiger partial charge >= 0.3 is 0 Å². The second-order valence-corrected chi connectivity index (χ2v) is 4.79. The van der Waals surface area contributed by atoms with Gasteiger partial charge in [0.05, 0.1) is 6.54 Å². The number of hydrogen-bond donors (Lipinski definition) is 0. The average Bonchev–Trinajstić information content (AvgIpc) is 2.86. The van der Waals surface area contributed by atoms with E-state index in [0.717, 1.165) is 18.7 Å². The number of fused-ring (bicyclic) bond motifs is 1. The summed E-state index contributed by atoms with van der Waals surface area (Å²) in [5, 5.41) is 0. The molecule has 3 nitrogen and oxygen atoms in total. The van der Waals surface area contributed by atoms with Crippen LogP contribution in [0.4, 0.5) is 0 Å². The molecule has 1 aliphatic rings. The van der Waals surface area contributed by atoms with Crippen molar-refractivity contribution in [2.24, 2.45) is 0 Å². The number of benzene rings is 1. The molecule has 3 rings (SSSR count). The Bertz CT molecular complexity index is 568. The minimum atomic E-state index is 0.127. The molecule has 0 aliphatic carbocycles. The third-order valence-electron chi connectivity index (χ3n) is 3.47. The molecule has 1 aliphatic heterocycles. The van der Waals surface area contributed by atoms with Crippen LogP contribution in [0, 0.1) is 6.92 Å². The maximum Gasteiger partial charge on any atom is 0.254 e. The van der Waals surface area contributed by atoms with Crippen LogP contribution in [0.2, 0.25) is 0 Å². The molecule has 0 unspecified atom stereocenters. The van der Waals surface area contributed by atoms with Crippen LogP contribution in [-0.4, -0.2) is 21.9 Å². The van der Waals surface area contributed by atoms with Gasteiger partial charge in [-0.1, -0.05) is 17.7 Å². The van der Waals surface area contributed by atoms with Gasteiger partial charge in [-0.2, -0.15) is 0 Å². The predicted octanol–water partition coefficient (Wildman–Crippen LogP) is 2.45. The first-order chi connectivity index (χ1) is 8.74. The molecule has 1 aromatic heterocycles. The lowest BCUT2D eigenvalue weighted by molar-refractivity contribution is 0.0711. The van der Waals surface area contributed by atoms with Gasteiger partial charge in [0.2, 0.25) is 0 Å². The van der Waals surface area contributed by atoms with E-state index in [1.54, 1.807) is 0 Å². The summed E-state index contributed by atoms with van der Waals surface area (Å²) in [6, 6.07) is 11.9. The fourth-order valence-corrected chi connectivity index (χ4v) is 2.37. The Kier molecular flexibility index (Phi) is 2.67. The number of aryl methyl sites for hydroxylation is 1. The molecule has 0 N–H and O–H groups in total. The number of rotatable bonds is 1. The van der Waals surface area contributed by atoms with Crippen LogP contribution in [0.1, 0.15) is 21.6 Å². The first kappa shape index (κ1) is 11.1. The Balaban J connectivity index is 1.80. The number of hydrogen-bond acceptors (Lipinski definition) is 1. The van der Waals surface area contributed by atoms with Crippen molar-refractivity contribution < 1.29 is 4.79 Å². The Morgan fingerprint density at radius 3 is 2.67 bits per heavy atom. The van der Waals surface area contributed by atoms with Crippen molar-refractivity contribution in [3.63, 3.8) is 0 Å². The van der Waals surface area contributed by atoms with Gasteiger partial charge in [0.15, 0.2) is 0 Å². The molecule has 92 valence electrons. The number of carbonyl (C=O) groups is 1. The maximum atomic E-state index is 12.4. The lowest BCUT2D eigenvalue weighted by atomic mass is 10.1. The van der Waals surface area contributed by atoms with Crippen molar-refractivity contribution in [2.75, 3.05) is 6.54 Å². The fraction of sp³-hybridized carbons (Fsp3) is 0.267. The number of amides is 1. The monoisotopic (exact) mass is 240 g/mol. The van der Waals surface area contributed by atoms with Crippen LogP contribution in [0.15, 0.2) is 42.6 Å². The fourth-order valence-electron chi connectivity index (χ4n) is 2.37. The van der Waals surface area contributed by atoms with E-state index >= 15 is 0 Å². The Morgan fingerprint density at radius 1 is 1.11 bits per heavy atom. The molecular weight excluding hydrogens is 224 g/mol. The topological polar surface area (TPSA) is 25.2 Å². The molecule has 0 fully saturated rings. The zero-order valence-electron chi connectivity index (χ0n) is 10.5. The van der Waals surface area contributed by atoms with E-state index in [4.69, 9.17) is 0 Å². The summed E-state index contributed by atoms with van der Waals surface area (Å²) in [6.45, 7) is 4.41. The van der Waals surface area contributed by atoms with E-state index in [1.807, 2.05) is 42.2 Å². The van der Waals surface area contributed by atoms with Crippen molar-refractivity contribution in [1.29, 1.82) is 0 Å². The van der Waals surface area contributed by atoms with Gasteiger partial charge in [0, 0.05) is 30.5 Å². The van der Waals surface area contributed by atoms with E-state index in [2.05, 4.69) is 16.8 Å². The van der Waals surface area contributed by atoms with E-state index < -0.39 is 0 Å². The standard InChI is InChI=1S/C15H16N2O/c1-12-4-6-13(7-5-12)15(18)17-10-9-16-8-2-3-14(16)11-17/h2-8H,9-11H2,1H3. The summed E-state index contributed by atoms with van der Waals surface area (Å²) < 4.78 is 2.21. The van der Waals surface area contributed by atoms with Crippen molar-refractivity contribution >= 4 is 5.91 Å². The smallest absolute Gasteiger partial charge is 0.254 e. The number of carbonyl (C=O) groups excluding carboxylic acids is 1. The third-order valence-corrected chi connectivity index (χ3v) is 3.47. The molecule has 1 aromatic carbocycles. The Morgan fingerprint density at radius 2 is 1.89 bits per heavy atom. The minimum absolute atomic E-state index is 0.127. The van der Waals surface area contributed by atoms with Gasteiger partial charge in [0.1, 0.15) is 0 Å². The highest BCUT2D eigenvalue weighted by atomic mass is 16.2. The lowest BCUT2D eigenvalue weighted by Gasteiger charge is -2.28. The number of aromatic nitrogens is 1. The van der Waals surface area contributed by atoms with Gasteiger partial charge < -0.3 is 9.47 Å². The quantitative estimate of drug-likeness (QED) is 0.751. The Labute approximate surface area is 107 Å². The molecule has 2 heterocycles. The van der Waals surface area contributed by atoms with Crippen LogP contribution in [0.3, 0.4) is 0 Å². The van der Waals surface area contributed by atoms with E-state index in [0.29, 0.717) is 6.54 Å². The van der Waals surface area contributed by atoms with E-state index in [9.17, 15) is 4.79 Å². The van der Waals surface area contributed by atoms with Crippen molar-refractivity contribution in [1.82, 2.24) is 9.47 Å².